The van der Waals surface area contributed by atoms with Gasteiger partial charge in [0.05, 0.1) is 32.0 Å². The van der Waals surface area contributed by atoms with E-state index >= 15 is 0 Å². The summed E-state index contributed by atoms with van der Waals surface area (Å²) in [5.74, 6) is -0.267. The Morgan fingerprint density at radius 1 is 1.53 bits per heavy atom. The fourth-order valence-corrected chi connectivity index (χ4v) is 1.39. The summed E-state index contributed by atoms with van der Waals surface area (Å²) in [4.78, 5) is 11.6. The molecule has 0 heterocycles. The number of hydrogen-bond donors (Lipinski definition) is 1. The molecule has 1 aromatic rings. The van der Waals surface area contributed by atoms with Crippen molar-refractivity contribution < 1.29 is 19.4 Å². The van der Waals surface area contributed by atoms with Gasteiger partial charge < -0.3 is 14.6 Å². The fourth-order valence-electron chi connectivity index (χ4n) is 1.39. The van der Waals surface area contributed by atoms with Crippen molar-refractivity contribution in [2.24, 2.45) is 0 Å². The molecule has 0 aromatic heterocycles. The molecular weight excluding hydrogens is 222 g/mol. The average molecular weight is 235 g/mol. The van der Waals surface area contributed by atoms with Crippen molar-refractivity contribution in [3.05, 3.63) is 28.8 Å². The van der Waals surface area contributed by atoms with Crippen LogP contribution in [-0.2, 0) is 11.3 Å². The number of nitriles is 1. The van der Waals surface area contributed by atoms with Crippen LogP contribution in [0.1, 0.15) is 28.4 Å². The van der Waals surface area contributed by atoms with Crippen LogP contribution >= 0.6 is 0 Å². The first-order valence-electron chi connectivity index (χ1n) is 5.06. The summed E-state index contributed by atoms with van der Waals surface area (Å²) in [7, 11) is 1.41. The molecule has 90 valence electrons. The Morgan fingerprint density at radius 3 is 2.71 bits per heavy atom. The van der Waals surface area contributed by atoms with Crippen LogP contribution in [0.15, 0.2) is 12.1 Å². The van der Waals surface area contributed by atoms with Gasteiger partial charge in [-0.2, -0.15) is 5.26 Å². The molecule has 0 bridgehead atoms. The molecule has 0 saturated heterocycles. The summed E-state index contributed by atoms with van der Waals surface area (Å²) in [6.07, 6.45) is 0. The van der Waals surface area contributed by atoms with E-state index in [4.69, 9.17) is 19.8 Å². The number of carbonyl (C=O) groups is 1. The maximum absolute atomic E-state index is 11.6. The first-order valence-corrected chi connectivity index (χ1v) is 5.06. The van der Waals surface area contributed by atoms with Crippen LogP contribution in [0.2, 0.25) is 0 Å². The minimum absolute atomic E-state index is 0.183. The lowest BCUT2D eigenvalue weighted by Gasteiger charge is -2.10. The number of carbonyl (C=O) groups excluding carboxylic acids is 1. The molecule has 0 aliphatic heterocycles. The van der Waals surface area contributed by atoms with E-state index in [-0.39, 0.29) is 30.1 Å². The van der Waals surface area contributed by atoms with Gasteiger partial charge in [0, 0.05) is 0 Å². The second kappa shape index (κ2) is 5.87. The Labute approximate surface area is 99.2 Å². The van der Waals surface area contributed by atoms with Crippen LogP contribution in [0, 0.1) is 11.3 Å². The zero-order valence-electron chi connectivity index (χ0n) is 9.69. The number of nitrogens with zero attached hydrogens (tertiary/aromatic N) is 1. The maximum Gasteiger partial charge on any atom is 0.341 e. The number of rotatable bonds is 4. The summed E-state index contributed by atoms with van der Waals surface area (Å²) >= 11 is 0. The number of aliphatic hydroxyl groups excluding tert-OH is 1. The van der Waals surface area contributed by atoms with Crippen LogP contribution in [0.3, 0.4) is 0 Å². The van der Waals surface area contributed by atoms with Crippen LogP contribution in [-0.4, -0.2) is 24.8 Å². The van der Waals surface area contributed by atoms with Crippen molar-refractivity contribution in [3.63, 3.8) is 0 Å². The molecule has 0 amide bonds. The molecule has 5 nitrogen and oxygen atoms in total. The van der Waals surface area contributed by atoms with Gasteiger partial charge in [0.15, 0.2) is 0 Å². The highest BCUT2D eigenvalue weighted by molar-refractivity contribution is 5.93. The van der Waals surface area contributed by atoms with Gasteiger partial charge >= 0.3 is 5.97 Å². The van der Waals surface area contributed by atoms with Gasteiger partial charge in [-0.05, 0) is 24.6 Å². The Morgan fingerprint density at radius 2 is 2.24 bits per heavy atom. The highest BCUT2D eigenvalue weighted by atomic mass is 16.5. The smallest absolute Gasteiger partial charge is 0.341 e. The molecule has 0 saturated carbocycles. The van der Waals surface area contributed by atoms with E-state index in [1.807, 2.05) is 6.07 Å². The van der Waals surface area contributed by atoms with E-state index in [0.717, 1.165) is 0 Å². The van der Waals surface area contributed by atoms with Crippen LogP contribution in [0.25, 0.3) is 0 Å². The molecule has 0 aliphatic rings. The third-order valence-corrected chi connectivity index (χ3v) is 2.21. The van der Waals surface area contributed by atoms with Crippen molar-refractivity contribution >= 4 is 5.97 Å². The zero-order valence-corrected chi connectivity index (χ0v) is 9.69. The molecule has 0 aliphatic carbocycles. The Bertz CT molecular complexity index is 462. The van der Waals surface area contributed by atoms with Gasteiger partial charge in [-0.1, -0.05) is 0 Å². The Balaban J connectivity index is 3.29. The van der Waals surface area contributed by atoms with Crippen molar-refractivity contribution in [2.45, 2.75) is 13.5 Å². The Hall–Kier alpha value is -2.06. The van der Waals surface area contributed by atoms with E-state index in [2.05, 4.69) is 0 Å². The zero-order chi connectivity index (χ0) is 12.8. The number of hydrogen-bond acceptors (Lipinski definition) is 5. The van der Waals surface area contributed by atoms with Gasteiger partial charge in [0.25, 0.3) is 0 Å². The number of aliphatic hydroxyl groups is 1. The number of esters is 1. The van der Waals surface area contributed by atoms with Crippen LogP contribution < -0.4 is 4.74 Å². The van der Waals surface area contributed by atoms with E-state index in [1.54, 1.807) is 6.92 Å². The third-order valence-electron chi connectivity index (χ3n) is 2.21. The summed E-state index contributed by atoms with van der Waals surface area (Å²) in [5.41, 5.74) is 0.830. The summed E-state index contributed by atoms with van der Waals surface area (Å²) in [5, 5.41) is 18.0. The molecule has 0 fully saturated rings. The van der Waals surface area contributed by atoms with Gasteiger partial charge in [0.1, 0.15) is 11.3 Å². The van der Waals surface area contributed by atoms with Gasteiger partial charge in [0.2, 0.25) is 0 Å². The van der Waals surface area contributed by atoms with Crippen molar-refractivity contribution in [3.8, 4) is 11.8 Å². The topological polar surface area (TPSA) is 79.6 Å². The lowest BCUT2D eigenvalue weighted by atomic mass is 10.0. The van der Waals surface area contributed by atoms with E-state index < -0.39 is 5.97 Å². The predicted octanol–water partition coefficient (Wildman–Crippen LogP) is 1.24. The fraction of sp³-hybridized carbons (Fsp3) is 0.333. The van der Waals surface area contributed by atoms with Crippen molar-refractivity contribution in [1.29, 1.82) is 5.26 Å². The normalized spacial score (nSPS) is 9.53. The number of ether oxygens (including phenoxy) is 2. The van der Waals surface area contributed by atoms with Gasteiger partial charge in [-0.3, -0.25) is 0 Å². The molecular formula is C12H13NO4. The first kappa shape index (κ1) is 13.0. The summed E-state index contributed by atoms with van der Waals surface area (Å²) in [6, 6.07) is 4.74. The molecule has 1 N–H and O–H groups in total. The Kier molecular flexibility index (Phi) is 4.49. The molecule has 1 rings (SSSR count). The SMILES string of the molecule is CCOC(=O)c1cc(C#N)c(CO)cc1OC. The highest BCUT2D eigenvalue weighted by Crippen LogP contribution is 2.24. The van der Waals surface area contributed by atoms with E-state index in [1.165, 1.54) is 19.2 Å². The standard InChI is InChI=1S/C12H13NO4/c1-3-17-12(15)10-4-8(6-13)9(7-14)5-11(10)16-2/h4-5,14H,3,7H2,1-2H3. The largest absolute Gasteiger partial charge is 0.496 e. The van der Waals surface area contributed by atoms with E-state index in [0.29, 0.717) is 5.56 Å². The lowest BCUT2D eigenvalue weighted by molar-refractivity contribution is 0.0522. The van der Waals surface area contributed by atoms with Crippen LogP contribution in [0.5, 0.6) is 5.75 Å². The third kappa shape index (κ3) is 2.74. The average Bonchev–Trinajstić information content (AvgIpc) is 2.37. The summed E-state index contributed by atoms with van der Waals surface area (Å²) < 4.78 is 9.89. The first-order chi connectivity index (χ1) is 8.17. The van der Waals surface area contributed by atoms with Crippen LogP contribution in [0.4, 0.5) is 0 Å². The predicted molar refractivity (Wildman–Crippen MR) is 59.6 cm³/mol. The molecule has 0 spiro atoms. The summed E-state index contributed by atoms with van der Waals surface area (Å²) in [6.45, 7) is 1.64. The lowest BCUT2D eigenvalue weighted by Crippen LogP contribution is -2.08. The van der Waals surface area contributed by atoms with Gasteiger partial charge in [-0.25, -0.2) is 4.79 Å². The maximum atomic E-state index is 11.6. The minimum Gasteiger partial charge on any atom is -0.496 e. The van der Waals surface area contributed by atoms with E-state index in [9.17, 15) is 4.79 Å². The van der Waals surface area contributed by atoms with Crippen molar-refractivity contribution in [1.82, 2.24) is 0 Å². The quantitative estimate of drug-likeness (QED) is 0.794. The molecule has 0 atom stereocenters. The second-order valence-electron chi connectivity index (χ2n) is 3.20. The second-order valence-corrected chi connectivity index (χ2v) is 3.20. The highest BCUT2D eigenvalue weighted by Gasteiger charge is 2.17. The molecule has 1 aromatic carbocycles. The molecule has 5 heteroatoms. The number of benzene rings is 1. The van der Waals surface area contributed by atoms with Crippen molar-refractivity contribution in [2.75, 3.05) is 13.7 Å². The van der Waals surface area contributed by atoms with Gasteiger partial charge in [-0.15, -0.1) is 0 Å². The molecule has 0 unspecified atom stereocenters. The molecule has 0 radical (unpaired) electrons. The number of methoxy groups -OCH3 is 1. The monoisotopic (exact) mass is 235 g/mol. The minimum atomic E-state index is -0.551. The molecule has 17 heavy (non-hydrogen) atoms.